The summed E-state index contributed by atoms with van der Waals surface area (Å²) in [5.74, 6) is 0.658. The van der Waals surface area contributed by atoms with Crippen LogP contribution in [-0.2, 0) is 4.74 Å². The molecule has 0 radical (unpaired) electrons. The molecule has 0 aliphatic carbocycles. The summed E-state index contributed by atoms with van der Waals surface area (Å²) in [6.07, 6.45) is 1.80. The summed E-state index contributed by atoms with van der Waals surface area (Å²) < 4.78 is 5.08. The number of aromatic hydroxyl groups is 1. The van der Waals surface area contributed by atoms with Gasteiger partial charge in [0.1, 0.15) is 5.75 Å². The van der Waals surface area contributed by atoms with Crippen LogP contribution in [0, 0.1) is 0 Å². The Labute approximate surface area is 162 Å². The molecule has 2 heterocycles. The van der Waals surface area contributed by atoms with Gasteiger partial charge >= 0.3 is 0 Å². The Morgan fingerprint density at radius 3 is 2.70 bits per heavy atom. The van der Waals surface area contributed by atoms with E-state index in [1.165, 1.54) is 11.3 Å². The van der Waals surface area contributed by atoms with Gasteiger partial charge in [0.2, 0.25) is 5.95 Å². The second kappa shape index (κ2) is 8.79. The quantitative estimate of drug-likeness (QED) is 0.507. The zero-order valence-corrected chi connectivity index (χ0v) is 16.4. The maximum Gasteiger partial charge on any atom is 0.223 e. The maximum atomic E-state index is 10.2. The third-order valence-electron chi connectivity index (χ3n) is 3.67. The Kier molecular flexibility index (Phi) is 6.20. The van der Waals surface area contributed by atoms with Gasteiger partial charge in [0.15, 0.2) is 5.13 Å². The number of para-hydroxylation sites is 1. The van der Waals surface area contributed by atoms with E-state index < -0.39 is 0 Å². The molecule has 3 rings (SSSR count). The molecule has 3 aromatic rings. The van der Waals surface area contributed by atoms with E-state index in [0.717, 1.165) is 15.7 Å². The predicted molar refractivity (Wildman–Crippen MR) is 109 cm³/mol. The van der Waals surface area contributed by atoms with E-state index in [1.54, 1.807) is 25.4 Å². The van der Waals surface area contributed by atoms with Gasteiger partial charge in [-0.2, -0.15) is 0 Å². The van der Waals surface area contributed by atoms with Crippen molar-refractivity contribution in [2.45, 2.75) is 19.9 Å². The molecular formula is C19H23N5O2S. The van der Waals surface area contributed by atoms with Crippen LogP contribution in [-0.4, -0.2) is 46.4 Å². The van der Waals surface area contributed by atoms with Crippen molar-refractivity contribution in [1.82, 2.24) is 15.0 Å². The van der Waals surface area contributed by atoms with E-state index in [9.17, 15) is 5.11 Å². The zero-order valence-electron chi connectivity index (χ0n) is 15.6. The molecule has 3 N–H and O–H groups in total. The lowest BCUT2D eigenvalue weighted by Crippen LogP contribution is -2.11. The molecule has 0 atom stereocenters. The van der Waals surface area contributed by atoms with Crippen molar-refractivity contribution in [3.63, 3.8) is 0 Å². The van der Waals surface area contributed by atoms with Crippen LogP contribution < -0.4 is 10.6 Å². The van der Waals surface area contributed by atoms with Crippen LogP contribution >= 0.6 is 11.3 Å². The summed E-state index contributed by atoms with van der Waals surface area (Å²) in [7, 11) is 1.65. The first kappa shape index (κ1) is 19.1. The molecular weight excluding hydrogens is 362 g/mol. The number of rotatable bonds is 8. The topological polar surface area (TPSA) is 92.2 Å². The van der Waals surface area contributed by atoms with Crippen LogP contribution in [0.15, 0.2) is 36.5 Å². The molecule has 27 heavy (non-hydrogen) atoms. The molecule has 0 fully saturated rings. The van der Waals surface area contributed by atoms with Gasteiger partial charge in [0, 0.05) is 31.5 Å². The molecule has 142 valence electrons. The molecule has 0 spiro atoms. The minimum absolute atomic E-state index is 0.177. The lowest BCUT2D eigenvalue weighted by Gasteiger charge is -2.10. The first-order valence-electron chi connectivity index (χ1n) is 8.70. The predicted octanol–water partition coefficient (Wildman–Crippen LogP) is 3.85. The summed E-state index contributed by atoms with van der Waals surface area (Å²) in [5, 5.41) is 17.5. The van der Waals surface area contributed by atoms with Gasteiger partial charge in [-0.15, -0.1) is 0 Å². The van der Waals surface area contributed by atoms with Crippen molar-refractivity contribution in [3.05, 3.63) is 36.5 Å². The van der Waals surface area contributed by atoms with Crippen molar-refractivity contribution in [2.24, 2.45) is 0 Å². The van der Waals surface area contributed by atoms with Gasteiger partial charge in [-0.1, -0.05) is 23.5 Å². The Bertz CT molecular complexity index is 897. The standard InChI is InChI=1S/C19H23N5O2S/c1-12(2)22-19-21-11-17(27-19)15-10-14(13-6-4-5-7-16(13)25)23-18(24-15)20-8-9-26-3/h4-7,10-12,25H,8-9H2,1-3H3,(H,21,22)(H,20,23,24). The van der Waals surface area contributed by atoms with Gasteiger partial charge in [-0.25, -0.2) is 15.0 Å². The van der Waals surface area contributed by atoms with Crippen LogP contribution in [0.1, 0.15) is 13.8 Å². The summed E-state index contributed by atoms with van der Waals surface area (Å²) in [6.45, 7) is 5.27. The maximum absolute atomic E-state index is 10.2. The number of phenolic OH excluding ortho intramolecular Hbond substituents is 1. The number of ether oxygens (including phenoxy) is 1. The number of nitrogens with one attached hydrogen (secondary N) is 2. The smallest absolute Gasteiger partial charge is 0.223 e. The van der Waals surface area contributed by atoms with Crippen molar-refractivity contribution >= 4 is 22.4 Å². The average Bonchev–Trinajstić information content (AvgIpc) is 3.10. The Balaban J connectivity index is 1.99. The Morgan fingerprint density at radius 2 is 1.96 bits per heavy atom. The average molecular weight is 385 g/mol. The molecule has 0 unspecified atom stereocenters. The van der Waals surface area contributed by atoms with Crippen molar-refractivity contribution in [1.29, 1.82) is 0 Å². The molecule has 2 aromatic heterocycles. The fourth-order valence-electron chi connectivity index (χ4n) is 2.45. The molecule has 0 aliphatic rings. The largest absolute Gasteiger partial charge is 0.507 e. The number of benzene rings is 1. The zero-order chi connectivity index (χ0) is 19.2. The minimum Gasteiger partial charge on any atom is -0.507 e. The second-order valence-corrected chi connectivity index (χ2v) is 7.26. The van der Waals surface area contributed by atoms with Gasteiger partial charge in [0.05, 0.1) is 22.9 Å². The highest BCUT2D eigenvalue weighted by Gasteiger charge is 2.13. The number of anilines is 2. The van der Waals surface area contributed by atoms with Gasteiger partial charge in [-0.05, 0) is 32.0 Å². The first-order valence-corrected chi connectivity index (χ1v) is 9.51. The van der Waals surface area contributed by atoms with Crippen molar-refractivity contribution < 1.29 is 9.84 Å². The molecule has 0 saturated carbocycles. The van der Waals surface area contributed by atoms with Crippen LogP contribution in [0.3, 0.4) is 0 Å². The molecule has 0 saturated heterocycles. The third kappa shape index (κ3) is 4.93. The van der Waals surface area contributed by atoms with Crippen LogP contribution in [0.5, 0.6) is 5.75 Å². The molecule has 0 aliphatic heterocycles. The monoisotopic (exact) mass is 385 g/mol. The molecule has 7 nitrogen and oxygen atoms in total. The number of nitrogens with zero attached hydrogens (tertiary/aromatic N) is 3. The lowest BCUT2D eigenvalue weighted by atomic mass is 10.1. The van der Waals surface area contributed by atoms with Crippen molar-refractivity contribution in [2.75, 3.05) is 30.9 Å². The number of phenols is 1. The molecule has 0 bridgehead atoms. The number of hydrogen-bond donors (Lipinski definition) is 3. The Hall–Kier alpha value is -2.71. The van der Waals surface area contributed by atoms with Crippen LogP contribution in [0.4, 0.5) is 11.1 Å². The van der Waals surface area contributed by atoms with Gasteiger partial charge in [-0.3, -0.25) is 0 Å². The summed E-state index contributed by atoms with van der Waals surface area (Å²) in [5.41, 5.74) is 2.04. The van der Waals surface area contributed by atoms with E-state index in [4.69, 9.17) is 4.74 Å². The van der Waals surface area contributed by atoms with Gasteiger partial charge in [0.25, 0.3) is 0 Å². The van der Waals surface area contributed by atoms with E-state index in [0.29, 0.717) is 36.4 Å². The Morgan fingerprint density at radius 1 is 1.19 bits per heavy atom. The summed E-state index contributed by atoms with van der Waals surface area (Å²) in [6, 6.07) is 9.30. The lowest BCUT2D eigenvalue weighted by molar-refractivity contribution is 0.210. The molecule has 1 aromatic carbocycles. The number of methoxy groups -OCH3 is 1. The second-order valence-electron chi connectivity index (χ2n) is 6.23. The van der Waals surface area contributed by atoms with E-state index in [1.807, 2.05) is 18.2 Å². The SMILES string of the molecule is COCCNc1nc(-c2cnc(NC(C)C)s2)cc(-c2ccccc2O)n1. The molecule has 8 heteroatoms. The highest BCUT2D eigenvalue weighted by molar-refractivity contribution is 7.18. The van der Waals surface area contributed by atoms with E-state index in [2.05, 4.69) is 39.4 Å². The van der Waals surface area contributed by atoms with Crippen LogP contribution in [0.2, 0.25) is 0 Å². The van der Waals surface area contributed by atoms with Gasteiger partial charge < -0.3 is 20.5 Å². The fraction of sp³-hybridized carbons (Fsp3) is 0.316. The number of thiazole rings is 1. The summed E-state index contributed by atoms with van der Waals surface area (Å²) in [4.78, 5) is 14.5. The molecule has 0 amide bonds. The van der Waals surface area contributed by atoms with Crippen LogP contribution in [0.25, 0.3) is 21.8 Å². The summed E-state index contributed by atoms with van der Waals surface area (Å²) >= 11 is 1.53. The highest BCUT2D eigenvalue weighted by Crippen LogP contribution is 2.33. The normalized spacial score (nSPS) is 11.0. The van der Waals surface area contributed by atoms with Crippen molar-refractivity contribution in [3.8, 4) is 27.6 Å². The van der Waals surface area contributed by atoms with E-state index in [-0.39, 0.29) is 5.75 Å². The fourth-order valence-corrected chi connectivity index (χ4v) is 3.37. The highest BCUT2D eigenvalue weighted by atomic mass is 32.1. The number of hydrogen-bond acceptors (Lipinski definition) is 8. The number of aromatic nitrogens is 3. The minimum atomic E-state index is 0.177. The van der Waals surface area contributed by atoms with E-state index >= 15 is 0 Å². The first-order chi connectivity index (χ1) is 13.1. The third-order valence-corrected chi connectivity index (χ3v) is 4.62.